The van der Waals surface area contributed by atoms with Crippen molar-refractivity contribution < 1.29 is 28.9 Å². The zero-order chi connectivity index (χ0) is 25.7. The Morgan fingerprint density at radius 3 is 2.47 bits per heavy atom. The lowest BCUT2D eigenvalue weighted by molar-refractivity contribution is -0.222. The molecule has 0 radical (unpaired) electrons. The number of fused-ring (bicyclic) bond motifs is 1. The van der Waals surface area contributed by atoms with Crippen molar-refractivity contribution in [3.8, 4) is 6.07 Å². The Morgan fingerprint density at radius 2 is 1.83 bits per heavy atom. The maximum Gasteiger partial charge on any atom is 0.408 e. The molecule has 9 nitrogen and oxygen atoms in total. The first-order chi connectivity index (χ1) is 17.1. The summed E-state index contributed by atoms with van der Waals surface area (Å²) in [6, 6.07) is 1.98. The predicted octanol–water partition coefficient (Wildman–Crippen LogP) is 2.76. The van der Waals surface area contributed by atoms with Gasteiger partial charge in [0.25, 0.3) is 5.91 Å². The second-order valence-electron chi connectivity index (χ2n) is 13.0. The smallest absolute Gasteiger partial charge is 0.408 e. The van der Waals surface area contributed by atoms with Gasteiger partial charge in [-0.1, -0.05) is 0 Å². The monoisotopic (exact) mass is 503 g/mol. The number of nitrogens with zero attached hydrogens (tertiary/aromatic N) is 2. The van der Waals surface area contributed by atoms with Crippen LogP contribution in [0.5, 0.6) is 0 Å². The van der Waals surface area contributed by atoms with Crippen molar-refractivity contribution in [2.24, 2.45) is 23.2 Å². The SMILES string of the molecule is CC(C)(C)NC(=O)OC(C(=O)N1[C@H](C#N)C[C@@H]2C[C@@H]21)C12CC3CC(CC(OCCOCCO)(C3)C1)C2. The van der Waals surface area contributed by atoms with Crippen LogP contribution in [0, 0.1) is 34.5 Å². The summed E-state index contributed by atoms with van der Waals surface area (Å²) in [7, 11) is 0. The number of piperidine rings is 1. The molecule has 0 aromatic carbocycles. The number of likely N-dealkylation sites (tertiary alicyclic amines) is 1. The third-order valence-corrected chi connectivity index (χ3v) is 8.91. The van der Waals surface area contributed by atoms with E-state index in [4.69, 9.17) is 19.3 Å². The van der Waals surface area contributed by atoms with Crippen LogP contribution in [-0.2, 0) is 19.0 Å². The summed E-state index contributed by atoms with van der Waals surface area (Å²) >= 11 is 0. The first-order valence-corrected chi connectivity index (χ1v) is 13.6. The molecular formula is C27H41N3O6. The molecule has 2 amide bonds. The second-order valence-corrected chi connectivity index (χ2v) is 13.0. The van der Waals surface area contributed by atoms with Gasteiger partial charge in [0.1, 0.15) is 6.04 Å². The first kappa shape index (κ1) is 25.7. The number of alkyl carbamates (subject to hydrolysis) is 1. The number of nitriles is 1. The molecule has 1 heterocycles. The van der Waals surface area contributed by atoms with Crippen LogP contribution in [0.25, 0.3) is 0 Å². The number of aliphatic hydroxyl groups is 1. The summed E-state index contributed by atoms with van der Waals surface area (Å²) in [5, 5.41) is 21.6. The normalized spacial score (nSPS) is 38.9. The van der Waals surface area contributed by atoms with E-state index in [1.165, 1.54) is 0 Å². The molecule has 0 spiro atoms. The third-order valence-electron chi connectivity index (χ3n) is 8.91. The highest BCUT2D eigenvalue weighted by Gasteiger charge is 2.65. The molecule has 4 bridgehead atoms. The van der Waals surface area contributed by atoms with Crippen LogP contribution in [-0.4, -0.2) is 77.8 Å². The van der Waals surface area contributed by atoms with Gasteiger partial charge in [-0.25, -0.2) is 4.79 Å². The molecule has 6 rings (SSSR count). The molecule has 0 aromatic heterocycles. The van der Waals surface area contributed by atoms with Crippen molar-refractivity contribution in [3.05, 3.63) is 0 Å². The second kappa shape index (κ2) is 9.45. The minimum absolute atomic E-state index is 0.0157. The summed E-state index contributed by atoms with van der Waals surface area (Å²) in [4.78, 5) is 29.0. The van der Waals surface area contributed by atoms with Gasteiger partial charge < -0.3 is 29.5 Å². The molecule has 5 saturated carbocycles. The lowest BCUT2D eigenvalue weighted by Gasteiger charge is -2.63. The zero-order valence-corrected chi connectivity index (χ0v) is 21.8. The minimum Gasteiger partial charge on any atom is -0.435 e. The van der Waals surface area contributed by atoms with Gasteiger partial charge in [-0.15, -0.1) is 0 Å². The number of hydrogen-bond donors (Lipinski definition) is 2. The standard InChI is InChI=1S/C27H41N3O6/c1-25(2,3)29-24(33)36-22(23(32)30-20(15-28)9-19-10-21(19)30)26-11-17-8-18(12-26)14-27(13-17,16-26)35-7-6-34-5-4-31/h17-22,31H,4-14,16H2,1-3H3,(H,29,33)/t17?,18?,19-,20+,21+,22?,26?,27?/m1/s1. The summed E-state index contributed by atoms with van der Waals surface area (Å²) < 4.78 is 18.0. The van der Waals surface area contributed by atoms with Gasteiger partial charge in [-0.3, -0.25) is 4.79 Å². The Hall–Kier alpha value is -1.89. The molecule has 3 unspecified atom stereocenters. The molecule has 9 heteroatoms. The Morgan fingerprint density at radius 1 is 1.11 bits per heavy atom. The van der Waals surface area contributed by atoms with Crippen LogP contribution in [0.15, 0.2) is 0 Å². The van der Waals surface area contributed by atoms with E-state index in [9.17, 15) is 14.9 Å². The number of carbonyl (C=O) groups is 2. The van der Waals surface area contributed by atoms with Gasteiger partial charge >= 0.3 is 6.09 Å². The van der Waals surface area contributed by atoms with E-state index in [1.807, 2.05) is 20.8 Å². The molecule has 6 atom stereocenters. The summed E-state index contributed by atoms with van der Waals surface area (Å²) in [5.41, 5.74) is -1.33. The maximum absolute atomic E-state index is 14.2. The zero-order valence-electron chi connectivity index (χ0n) is 21.8. The van der Waals surface area contributed by atoms with Gasteiger partial charge in [0, 0.05) is 17.0 Å². The number of rotatable bonds is 9. The average Bonchev–Trinajstić information content (AvgIpc) is 3.44. The van der Waals surface area contributed by atoms with E-state index in [0.717, 1.165) is 38.5 Å². The molecule has 1 aliphatic heterocycles. The third kappa shape index (κ3) is 4.97. The Bertz CT molecular complexity index is 896. The lowest BCUT2D eigenvalue weighted by atomic mass is 9.46. The summed E-state index contributed by atoms with van der Waals surface area (Å²) in [6.07, 6.45) is 5.53. The Balaban J connectivity index is 1.40. The van der Waals surface area contributed by atoms with Crippen molar-refractivity contribution in [1.29, 1.82) is 5.26 Å². The fourth-order valence-corrected chi connectivity index (χ4v) is 8.11. The Labute approximate surface area is 213 Å². The van der Waals surface area contributed by atoms with E-state index >= 15 is 0 Å². The lowest BCUT2D eigenvalue weighted by Crippen LogP contribution is -2.64. The van der Waals surface area contributed by atoms with Crippen molar-refractivity contribution in [1.82, 2.24) is 10.2 Å². The molecule has 6 fully saturated rings. The molecule has 5 aliphatic carbocycles. The van der Waals surface area contributed by atoms with Crippen LogP contribution in [0.4, 0.5) is 4.79 Å². The van der Waals surface area contributed by atoms with Crippen LogP contribution in [0.3, 0.4) is 0 Å². The quantitative estimate of drug-likeness (QED) is 0.464. The van der Waals surface area contributed by atoms with E-state index in [-0.39, 0.29) is 30.8 Å². The van der Waals surface area contributed by atoms with Gasteiger partial charge in [0.2, 0.25) is 0 Å². The van der Waals surface area contributed by atoms with E-state index in [2.05, 4.69) is 11.4 Å². The Kier molecular flexibility index (Phi) is 6.76. The minimum atomic E-state index is -0.922. The summed E-state index contributed by atoms with van der Waals surface area (Å²) in [5.74, 6) is 1.05. The number of nitrogens with one attached hydrogen (secondary N) is 1. The van der Waals surface area contributed by atoms with Crippen LogP contribution in [0.1, 0.15) is 72.1 Å². The van der Waals surface area contributed by atoms with Gasteiger partial charge in [0.15, 0.2) is 6.10 Å². The molecule has 0 aromatic rings. The average molecular weight is 504 g/mol. The summed E-state index contributed by atoms with van der Waals surface area (Å²) in [6.45, 7) is 6.79. The molecular weight excluding hydrogens is 462 g/mol. The largest absolute Gasteiger partial charge is 0.435 e. The molecule has 1 saturated heterocycles. The van der Waals surface area contributed by atoms with E-state index in [0.29, 0.717) is 43.8 Å². The fourth-order valence-electron chi connectivity index (χ4n) is 8.11. The van der Waals surface area contributed by atoms with Crippen LogP contribution in [0.2, 0.25) is 0 Å². The maximum atomic E-state index is 14.2. The van der Waals surface area contributed by atoms with Crippen molar-refractivity contribution in [3.63, 3.8) is 0 Å². The highest BCUT2D eigenvalue weighted by molar-refractivity contribution is 5.86. The van der Waals surface area contributed by atoms with Crippen molar-refractivity contribution in [2.75, 3.05) is 26.4 Å². The first-order valence-electron chi connectivity index (χ1n) is 13.6. The predicted molar refractivity (Wildman–Crippen MR) is 130 cm³/mol. The van der Waals surface area contributed by atoms with Crippen LogP contribution < -0.4 is 5.32 Å². The highest BCUT2D eigenvalue weighted by atomic mass is 16.6. The molecule has 2 N–H and O–H groups in total. The van der Waals surface area contributed by atoms with E-state index in [1.54, 1.807) is 4.90 Å². The highest BCUT2D eigenvalue weighted by Crippen LogP contribution is 2.65. The van der Waals surface area contributed by atoms with Gasteiger partial charge in [0.05, 0.1) is 38.1 Å². The molecule has 36 heavy (non-hydrogen) atoms. The molecule has 200 valence electrons. The van der Waals surface area contributed by atoms with Gasteiger partial charge in [-0.2, -0.15) is 5.26 Å². The van der Waals surface area contributed by atoms with Crippen molar-refractivity contribution in [2.45, 2.75) is 101 Å². The van der Waals surface area contributed by atoms with Crippen molar-refractivity contribution >= 4 is 12.0 Å². The van der Waals surface area contributed by atoms with Gasteiger partial charge in [-0.05, 0) is 89.9 Å². The van der Waals surface area contributed by atoms with E-state index < -0.39 is 29.2 Å². The number of amides is 2. The molecule has 6 aliphatic rings. The van der Waals surface area contributed by atoms with Crippen LogP contribution >= 0.6 is 0 Å². The fraction of sp³-hybridized carbons (Fsp3) is 0.889. The topological polar surface area (TPSA) is 121 Å². The number of ether oxygens (including phenoxy) is 3. The number of aliphatic hydroxyl groups excluding tert-OH is 1. The number of hydrogen-bond acceptors (Lipinski definition) is 7. The number of carbonyl (C=O) groups excluding carboxylic acids is 2.